The molecule has 0 saturated heterocycles. The van der Waals surface area contributed by atoms with E-state index in [-0.39, 0.29) is 27.1 Å². The number of nitrogen functional groups attached to an aromatic ring is 1. The number of halogens is 2. The van der Waals surface area contributed by atoms with Crippen molar-refractivity contribution < 1.29 is 9.59 Å². The summed E-state index contributed by atoms with van der Waals surface area (Å²) in [7, 11) is 0. The maximum absolute atomic E-state index is 11.9. The van der Waals surface area contributed by atoms with E-state index in [9.17, 15) is 9.59 Å². The molecule has 0 atom stereocenters. The van der Waals surface area contributed by atoms with E-state index in [1.807, 2.05) is 0 Å². The molecule has 4 N–H and O–H groups in total. The van der Waals surface area contributed by atoms with Crippen molar-refractivity contribution in [2.45, 2.75) is 0 Å². The molecule has 2 aromatic rings. The van der Waals surface area contributed by atoms with Crippen LogP contribution in [0.3, 0.4) is 0 Å². The van der Waals surface area contributed by atoms with E-state index in [0.29, 0.717) is 0 Å². The van der Waals surface area contributed by atoms with Crippen LogP contribution >= 0.6 is 23.2 Å². The number of nitrogens with zero attached hydrogens (tertiary/aromatic N) is 2. The van der Waals surface area contributed by atoms with Gasteiger partial charge in [-0.3, -0.25) is 20.4 Å². The second-order valence-corrected chi connectivity index (χ2v) is 4.61. The molecule has 1 heterocycles. The third-order valence-electron chi connectivity index (χ3n) is 2.42. The summed E-state index contributed by atoms with van der Waals surface area (Å²) in [4.78, 5) is 31.2. The number of carbonyl (C=O) groups excluding carboxylic acids is 2. The highest BCUT2D eigenvalue weighted by molar-refractivity contribution is 6.39. The average Bonchev–Trinajstić information content (AvgIpc) is 2.45. The van der Waals surface area contributed by atoms with Gasteiger partial charge in [-0.25, -0.2) is 9.97 Å². The van der Waals surface area contributed by atoms with E-state index in [1.54, 1.807) is 6.07 Å². The fourth-order valence-electron chi connectivity index (χ4n) is 1.47. The lowest BCUT2D eigenvalue weighted by atomic mass is 10.2. The van der Waals surface area contributed by atoms with Gasteiger partial charge >= 0.3 is 0 Å². The standard InChI is InChI=1S/C12H9Cl2N5O2/c13-6-2-1-3-7(14)8(6)11(20)18-19-12(21)9-10(15)17-5-4-16-9/h1-5H,(H2,15,17)(H,18,20)(H,19,21). The zero-order valence-corrected chi connectivity index (χ0v) is 11.9. The second kappa shape index (κ2) is 6.38. The van der Waals surface area contributed by atoms with Crippen LogP contribution in [-0.2, 0) is 0 Å². The molecule has 0 aliphatic carbocycles. The number of aromatic nitrogens is 2. The highest BCUT2D eigenvalue weighted by Crippen LogP contribution is 2.23. The summed E-state index contributed by atoms with van der Waals surface area (Å²) >= 11 is 11.8. The molecule has 108 valence electrons. The van der Waals surface area contributed by atoms with Gasteiger partial charge < -0.3 is 5.73 Å². The fourth-order valence-corrected chi connectivity index (χ4v) is 2.04. The molecule has 21 heavy (non-hydrogen) atoms. The van der Waals surface area contributed by atoms with Crippen LogP contribution in [0.2, 0.25) is 10.0 Å². The lowest BCUT2D eigenvalue weighted by Gasteiger charge is -2.09. The van der Waals surface area contributed by atoms with Gasteiger partial charge in [0.2, 0.25) is 0 Å². The van der Waals surface area contributed by atoms with Gasteiger partial charge in [0.1, 0.15) is 0 Å². The van der Waals surface area contributed by atoms with Crippen LogP contribution in [0.1, 0.15) is 20.8 Å². The summed E-state index contributed by atoms with van der Waals surface area (Å²) in [6.07, 6.45) is 2.65. The van der Waals surface area contributed by atoms with Crippen molar-refractivity contribution >= 4 is 40.8 Å². The minimum Gasteiger partial charge on any atom is -0.382 e. The lowest BCUT2D eigenvalue weighted by molar-refractivity contribution is 0.0844. The molecule has 7 nitrogen and oxygen atoms in total. The maximum atomic E-state index is 11.9. The van der Waals surface area contributed by atoms with Crippen molar-refractivity contribution in [2.75, 3.05) is 5.73 Å². The zero-order chi connectivity index (χ0) is 15.4. The summed E-state index contributed by atoms with van der Waals surface area (Å²) in [5, 5.41) is 0.321. The Morgan fingerprint density at radius 3 is 2.19 bits per heavy atom. The van der Waals surface area contributed by atoms with E-state index in [4.69, 9.17) is 28.9 Å². The number of nitrogens with one attached hydrogen (secondary N) is 2. The Morgan fingerprint density at radius 1 is 1.00 bits per heavy atom. The van der Waals surface area contributed by atoms with Crippen LogP contribution in [0.5, 0.6) is 0 Å². The van der Waals surface area contributed by atoms with Crippen molar-refractivity contribution in [1.29, 1.82) is 0 Å². The minimum absolute atomic E-state index is 0.0493. The Morgan fingerprint density at radius 2 is 1.57 bits per heavy atom. The molecule has 0 bridgehead atoms. The SMILES string of the molecule is Nc1nccnc1C(=O)NNC(=O)c1c(Cl)cccc1Cl. The Kier molecular flexibility index (Phi) is 4.56. The van der Waals surface area contributed by atoms with Crippen LogP contribution in [0.25, 0.3) is 0 Å². The summed E-state index contributed by atoms with van der Waals surface area (Å²) in [5.41, 5.74) is 9.77. The lowest BCUT2D eigenvalue weighted by Crippen LogP contribution is -2.42. The molecule has 0 fully saturated rings. The number of benzene rings is 1. The van der Waals surface area contributed by atoms with Crippen LogP contribution in [0.4, 0.5) is 5.82 Å². The minimum atomic E-state index is -0.711. The summed E-state index contributed by atoms with van der Waals surface area (Å²) in [5.74, 6) is -1.43. The van der Waals surface area contributed by atoms with Crippen molar-refractivity contribution in [3.05, 3.63) is 51.9 Å². The van der Waals surface area contributed by atoms with Crippen LogP contribution in [0, 0.1) is 0 Å². The highest BCUT2D eigenvalue weighted by atomic mass is 35.5. The first kappa shape index (κ1) is 15.0. The number of hydrogen-bond acceptors (Lipinski definition) is 5. The first-order valence-corrected chi connectivity index (χ1v) is 6.37. The van der Waals surface area contributed by atoms with E-state index >= 15 is 0 Å². The van der Waals surface area contributed by atoms with Gasteiger partial charge in [-0.2, -0.15) is 0 Å². The van der Waals surface area contributed by atoms with E-state index < -0.39 is 11.8 Å². The Balaban J connectivity index is 2.08. The molecule has 9 heteroatoms. The number of carbonyl (C=O) groups is 2. The first-order chi connectivity index (χ1) is 10.0. The van der Waals surface area contributed by atoms with Crippen LogP contribution in [-0.4, -0.2) is 21.8 Å². The number of hydrogen-bond donors (Lipinski definition) is 3. The number of rotatable bonds is 2. The molecular weight excluding hydrogens is 317 g/mol. The zero-order valence-electron chi connectivity index (χ0n) is 10.4. The number of amides is 2. The molecule has 0 aliphatic heterocycles. The van der Waals surface area contributed by atoms with Gasteiger partial charge in [-0.1, -0.05) is 29.3 Å². The molecule has 1 aromatic heterocycles. The van der Waals surface area contributed by atoms with Gasteiger partial charge in [-0.15, -0.1) is 0 Å². The van der Waals surface area contributed by atoms with Crippen molar-refractivity contribution in [1.82, 2.24) is 20.8 Å². The van der Waals surface area contributed by atoms with Crippen molar-refractivity contribution in [3.63, 3.8) is 0 Å². The van der Waals surface area contributed by atoms with E-state index in [2.05, 4.69) is 20.8 Å². The smallest absolute Gasteiger partial charge is 0.292 e. The molecule has 0 spiro atoms. The number of hydrazine groups is 1. The maximum Gasteiger partial charge on any atom is 0.292 e. The van der Waals surface area contributed by atoms with Crippen LogP contribution in [0.15, 0.2) is 30.6 Å². The van der Waals surface area contributed by atoms with Crippen molar-refractivity contribution in [3.8, 4) is 0 Å². The number of nitrogens with two attached hydrogens (primary N) is 1. The summed E-state index contributed by atoms with van der Waals surface area (Å²) in [6, 6.07) is 4.61. The third kappa shape index (κ3) is 3.39. The van der Waals surface area contributed by atoms with Gasteiger partial charge in [0.25, 0.3) is 11.8 Å². The molecule has 2 amide bonds. The van der Waals surface area contributed by atoms with Gasteiger partial charge in [0.15, 0.2) is 11.5 Å². The fraction of sp³-hybridized carbons (Fsp3) is 0. The van der Waals surface area contributed by atoms with Crippen LogP contribution < -0.4 is 16.6 Å². The Bertz CT molecular complexity index is 688. The Labute approximate surface area is 129 Å². The molecule has 0 radical (unpaired) electrons. The monoisotopic (exact) mass is 325 g/mol. The molecule has 0 saturated carbocycles. The second-order valence-electron chi connectivity index (χ2n) is 3.80. The topological polar surface area (TPSA) is 110 Å². The largest absolute Gasteiger partial charge is 0.382 e. The average molecular weight is 326 g/mol. The number of anilines is 1. The molecular formula is C12H9Cl2N5O2. The predicted octanol–water partition coefficient (Wildman–Crippen LogP) is 1.44. The molecule has 0 aliphatic rings. The van der Waals surface area contributed by atoms with Crippen molar-refractivity contribution in [2.24, 2.45) is 0 Å². The van der Waals surface area contributed by atoms with Gasteiger partial charge in [0, 0.05) is 12.4 Å². The summed E-state index contributed by atoms with van der Waals surface area (Å²) in [6.45, 7) is 0. The predicted molar refractivity (Wildman–Crippen MR) is 77.8 cm³/mol. The van der Waals surface area contributed by atoms with Gasteiger partial charge in [-0.05, 0) is 12.1 Å². The highest BCUT2D eigenvalue weighted by Gasteiger charge is 2.17. The van der Waals surface area contributed by atoms with Gasteiger partial charge in [0.05, 0.1) is 15.6 Å². The van der Waals surface area contributed by atoms with E-state index in [1.165, 1.54) is 24.5 Å². The molecule has 2 rings (SSSR count). The Hall–Kier alpha value is -2.38. The summed E-state index contributed by atoms with van der Waals surface area (Å²) < 4.78 is 0. The molecule has 0 unspecified atom stereocenters. The quantitative estimate of drug-likeness (QED) is 0.723. The third-order valence-corrected chi connectivity index (χ3v) is 3.05. The van der Waals surface area contributed by atoms with E-state index in [0.717, 1.165) is 0 Å². The normalized spacial score (nSPS) is 10.0. The first-order valence-electron chi connectivity index (χ1n) is 5.62. The molecule has 1 aromatic carbocycles.